The van der Waals surface area contributed by atoms with Crippen molar-refractivity contribution in [1.82, 2.24) is 0 Å². The van der Waals surface area contributed by atoms with E-state index in [1.807, 2.05) is 12.1 Å². The molecule has 0 nitrogen and oxygen atoms in total. The van der Waals surface area contributed by atoms with Crippen LogP contribution in [-0.4, -0.2) is 0 Å². The average Bonchev–Trinajstić information content (AvgIpc) is 2.38. The number of rotatable bonds is 4. The van der Waals surface area contributed by atoms with Crippen LogP contribution in [0.2, 0.25) is 0 Å². The Hall–Kier alpha value is -0.370. The van der Waals surface area contributed by atoms with Crippen molar-refractivity contribution in [3.05, 3.63) is 35.6 Å². The zero-order valence-electron chi connectivity index (χ0n) is 10.2. The van der Waals surface area contributed by atoms with Gasteiger partial charge in [0.1, 0.15) is 5.82 Å². The van der Waals surface area contributed by atoms with Crippen LogP contribution >= 0.6 is 15.9 Å². The molecule has 17 heavy (non-hydrogen) atoms. The maximum Gasteiger partial charge on any atom is 0.123 e. The van der Waals surface area contributed by atoms with E-state index in [1.165, 1.54) is 44.1 Å². The van der Waals surface area contributed by atoms with Crippen molar-refractivity contribution in [3.8, 4) is 0 Å². The second-order valence-corrected chi connectivity index (χ2v) is 6.21. The van der Waals surface area contributed by atoms with Crippen molar-refractivity contribution in [2.24, 2.45) is 5.92 Å². The van der Waals surface area contributed by atoms with Crippen LogP contribution in [-0.2, 0) is 0 Å². The molecule has 94 valence electrons. The number of hydrogen-bond donors (Lipinski definition) is 0. The van der Waals surface area contributed by atoms with E-state index in [1.54, 1.807) is 12.1 Å². The first kappa shape index (κ1) is 13.1. The Morgan fingerprint density at radius 3 is 2.41 bits per heavy atom. The Balaban J connectivity index is 1.80. The van der Waals surface area contributed by atoms with Gasteiger partial charge in [0, 0.05) is 4.83 Å². The van der Waals surface area contributed by atoms with Gasteiger partial charge in [-0.15, -0.1) is 0 Å². The first-order valence-electron chi connectivity index (χ1n) is 6.65. The van der Waals surface area contributed by atoms with Crippen molar-refractivity contribution < 1.29 is 4.39 Å². The third-order valence-electron chi connectivity index (χ3n) is 3.78. The highest BCUT2D eigenvalue weighted by atomic mass is 79.9. The van der Waals surface area contributed by atoms with Gasteiger partial charge in [-0.1, -0.05) is 60.2 Å². The highest BCUT2D eigenvalue weighted by Gasteiger charge is 2.15. The molecule has 2 heteroatoms. The molecule has 0 heterocycles. The smallest absolute Gasteiger partial charge is 0.123 e. The zero-order valence-corrected chi connectivity index (χ0v) is 11.8. The fourth-order valence-electron chi connectivity index (χ4n) is 2.70. The first-order valence-corrected chi connectivity index (χ1v) is 7.57. The molecule has 0 radical (unpaired) electrons. The molecule has 2 rings (SSSR count). The zero-order chi connectivity index (χ0) is 12.1. The fourth-order valence-corrected chi connectivity index (χ4v) is 3.27. The number of alkyl halides is 1. The summed E-state index contributed by atoms with van der Waals surface area (Å²) in [5, 5.41) is 0. The van der Waals surface area contributed by atoms with E-state index >= 15 is 0 Å². The second kappa shape index (κ2) is 6.53. The summed E-state index contributed by atoms with van der Waals surface area (Å²) in [4.78, 5) is 0.380. The van der Waals surface area contributed by atoms with Gasteiger partial charge in [0.25, 0.3) is 0 Å². The lowest BCUT2D eigenvalue weighted by Gasteiger charge is -2.22. The van der Waals surface area contributed by atoms with E-state index in [9.17, 15) is 4.39 Å². The van der Waals surface area contributed by atoms with E-state index in [4.69, 9.17) is 0 Å². The quantitative estimate of drug-likeness (QED) is 0.633. The van der Waals surface area contributed by atoms with E-state index in [0.717, 1.165) is 12.3 Å². The molecule has 0 N–H and O–H groups in total. The van der Waals surface area contributed by atoms with Crippen LogP contribution in [0.5, 0.6) is 0 Å². The van der Waals surface area contributed by atoms with Crippen molar-refractivity contribution in [3.63, 3.8) is 0 Å². The third-order valence-corrected chi connectivity index (χ3v) is 4.77. The summed E-state index contributed by atoms with van der Waals surface area (Å²) in [6.07, 6.45) is 9.52. The minimum atomic E-state index is -0.152. The lowest BCUT2D eigenvalue weighted by molar-refractivity contribution is 0.332. The first-order chi connectivity index (χ1) is 8.25. The standard InChI is InChI=1S/C15H20BrF/c16-15(13-7-9-14(17)10-8-13)11-6-12-4-2-1-3-5-12/h7-10,12,15H,1-6,11H2. The predicted octanol–water partition coefficient (Wildman–Crippen LogP) is 5.62. The molecular weight excluding hydrogens is 279 g/mol. The molecule has 1 unspecified atom stereocenters. The summed E-state index contributed by atoms with van der Waals surface area (Å²) in [5.74, 6) is 0.768. The predicted molar refractivity (Wildman–Crippen MR) is 73.9 cm³/mol. The molecule has 1 saturated carbocycles. The summed E-state index contributed by atoms with van der Waals surface area (Å²) in [5.41, 5.74) is 1.20. The molecule has 1 aliphatic rings. The van der Waals surface area contributed by atoms with Gasteiger partial charge in [0.05, 0.1) is 0 Å². The summed E-state index contributed by atoms with van der Waals surface area (Å²) in [6, 6.07) is 6.86. The molecule has 1 aromatic rings. The normalized spacial score (nSPS) is 19.2. The molecule has 0 aromatic heterocycles. The van der Waals surface area contributed by atoms with Crippen LogP contribution in [0.25, 0.3) is 0 Å². The molecule has 0 aliphatic heterocycles. The van der Waals surface area contributed by atoms with Gasteiger partial charge in [-0.2, -0.15) is 0 Å². The van der Waals surface area contributed by atoms with Crippen LogP contribution in [0.15, 0.2) is 24.3 Å². The Morgan fingerprint density at radius 1 is 1.12 bits per heavy atom. The highest BCUT2D eigenvalue weighted by Crippen LogP contribution is 2.33. The lowest BCUT2D eigenvalue weighted by Crippen LogP contribution is -2.07. The Labute approximate surface area is 112 Å². The minimum absolute atomic E-state index is 0.152. The Kier molecular flexibility index (Phi) is 5.02. The van der Waals surface area contributed by atoms with Crippen LogP contribution < -0.4 is 0 Å². The topological polar surface area (TPSA) is 0 Å². The van der Waals surface area contributed by atoms with Crippen LogP contribution in [0, 0.1) is 11.7 Å². The van der Waals surface area contributed by atoms with Gasteiger partial charge in [0.15, 0.2) is 0 Å². The van der Waals surface area contributed by atoms with Gasteiger partial charge in [-0.3, -0.25) is 0 Å². The number of halogens is 2. The van der Waals surface area contributed by atoms with Crippen molar-refractivity contribution >= 4 is 15.9 Å². The molecule has 1 aliphatic carbocycles. The SMILES string of the molecule is Fc1ccc(C(Br)CCC2CCCCC2)cc1. The second-order valence-electron chi connectivity index (χ2n) is 5.10. The lowest BCUT2D eigenvalue weighted by atomic mass is 9.85. The summed E-state index contributed by atoms with van der Waals surface area (Å²) in [6.45, 7) is 0. The van der Waals surface area contributed by atoms with Crippen molar-refractivity contribution in [1.29, 1.82) is 0 Å². The molecule has 1 atom stereocenters. The summed E-state index contributed by atoms with van der Waals surface area (Å²) < 4.78 is 12.8. The van der Waals surface area contributed by atoms with Gasteiger partial charge in [0.2, 0.25) is 0 Å². The van der Waals surface area contributed by atoms with Gasteiger partial charge >= 0.3 is 0 Å². The molecule has 0 bridgehead atoms. The summed E-state index contributed by atoms with van der Waals surface area (Å²) >= 11 is 3.71. The minimum Gasteiger partial charge on any atom is -0.207 e. The monoisotopic (exact) mass is 298 g/mol. The highest BCUT2D eigenvalue weighted by molar-refractivity contribution is 9.09. The third kappa shape index (κ3) is 4.09. The van der Waals surface area contributed by atoms with E-state index in [0.29, 0.717) is 4.83 Å². The van der Waals surface area contributed by atoms with Gasteiger partial charge in [-0.05, 0) is 36.5 Å². The maximum atomic E-state index is 12.8. The van der Waals surface area contributed by atoms with Crippen LogP contribution in [0.3, 0.4) is 0 Å². The average molecular weight is 299 g/mol. The van der Waals surface area contributed by atoms with E-state index in [2.05, 4.69) is 15.9 Å². The number of benzene rings is 1. The van der Waals surface area contributed by atoms with E-state index < -0.39 is 0 Å². The Bertz CT molecular complexity index is 327. The largest absolute Gasteiger partial charge is 0.207 e. The molecule has 0 saturated heterocycles. The molecular formula is C15H20BrF. The van der Waals surface area contributed by atoms with Crippen LogP contribution in [0.4, 0.5) is 4.39 Å². The maximum absolute atomic E-state index is 12.8. The van der Waals surface area contributed by atoms with Gasteiger partial charge in [-0.25, -0.2) is 4.39 Å². The summed E-state index contributed by atoms with van der Waals surface area (Å²) in [7, 11) is 0. The van der Waals surface area contributed by atoms with Crippen molar-refractivity contribution in [2.45, 2.75) is 49.8 Å². The van der Waals surface area contributed by atoms with E-state index in [-0.39, 0.29) is 5.82 Å². The number of hydrogen-bond acceptors (Lipinski definition) is 0. The molecule has 0 amide bonds. The molecule has 1 aromatic carbocycles. The molecule has 0 spiro atoms. The molecule has 1 fully saturated rings. The Morgan fingerprint density at radius 2 is 1.76 bits per heavy atom. The fraction of sp³-hybridized carbons (Fsp3) is 0.600. The van der Waals surface area contributed by atoms with Gasteiger partial charge < -0.3 is 0 Å². The van der Waals surface area contributed by atoms with Crippen LogP contribution in [0.1, 0.15) is 55.3 Å². The van der Waals surface area contributed by atoms with Crippen molar-refractivity contribution in [2.75, 3.05) is 0 Å².